The summed E-state index contributed by atoms with van der Waals surface area (Å²) in [6.45, 7) is 0. The second-order valence-corrected chi connectivity index (χ2v) is 15.0. The van der Waals surface area contributed by atoms with Gasteiger partial charge in [0.2, 0.25) is 0 Å². The van der Waals surface area contributed by atoms with Gasteiger partial charge in [0.25, 0.3) is 0 Å². The standard InChI is InChI=1S/C49H31N3OS/c1-3-12-30(13-4-1)32-22-23-34-27-35(25-24-33(34)26-32)47-50-48(39-18-11-21-44-46(39)38-17-8-10-20-43(38)54-44)52-49(51-47)40-28-36(31-14-5-2-6-15-31)29-42-45(40)37-16-7-9-19-41(37)53-42/h1-28,42H,29H2. The number of ether oxygens (including phenoxy) is 1. The second-order valence-electron chi connectivity index (χ2n) is 13.9. The van der Waals surface area contributed by atoms with Gasteiger partial charge in [-0.3, -0.25) is 0 Å². The number of benzene rings is 7. The molecule has 254 valence electrons. The van der Waals surface area contributed by atoms with Gasteiger partial charge in [0.05, 0.1) is 0 Å². The van der Waals surface area contributed by atoms with E-state index in [1.54, 1.807) is 11.3 Å². The Morgan fingerprint density at radius 2 is 1.15 bits per heavy atom. The Labute approximate surface area is 316 Å². The number of aromatic nitrogens is 3. The predicted molar refractivity (Wildman–Crippen MR) is 223 cm³/mol. The summed E-state index contributed by atoms with van der Waals surface area (Å²) in [7, 11) is 0. The van der Waals surface area contributed by atoms with Crippen LogP contribution in [0.4, 0.5) is 0 Å². The minimum absolute atomic E-state index is 0.148. The average molecular weight is 710 g/mol. The molecule has 0 N–H and O–H groups in total. The molecule has 0 saturated heterocycles. The molecule has 4 nitrogen and oxygen atoms in total. The summed E-state index contributed by atoms with van der Waals surface area (Å²) in [6, 6.07) is 57.6. The maximum absolute atomic E-state index is 6.66. The molecule has 1 aliphatic carbocycles. The van der Waals surface area contributed by atoms with E-state index in [4.69, 9.17) is 19.7 Å². The van der Waals surface area contributed by atoms with E-state index < -0.39 is 0 Å². The summed E-state index contributed by atoms with van der Waals surface area (Å²) in [4.78, 5) is 16.0. The maximum Gasteiger partial charge on any atom is 0.164 e. The normalized spacial score (nSPS) is 15.0. The molecule has 2 aliphatic rings. The molecule has 0 radical (unpaired) electrons. The highest BCUT2D eigenvalue weighted by molar-refractivity contribution is 7.25. The Balaban J connectivity index is 1.15. The van der Waals surface area contributed by atoms with Crippen LogP contribution in [0.1, 0.15) is 23.4 Å². The van der Waals surface area contributed by atoms with Gasteiger partial charge in [0.15, 0.2) is 17.5 Å². The molecule has 54 heavy (non-hydrogen) atoms. The Morgan fingerprint density at radius 3 is 2.00 bits per heavy atom. The molecule has 7 aromatic carbocycles. The summed E-state index contributed by atoms with van der Waals surface area (Å²) in [5, 5.41) is 4.67. The molecule has 0 bridgehead atoms. The van der Waals surface area contributed by atoms with Gasteiger partial charge >= 0.3 is 0 Å². The molecular weight excluding hydrogens is 679 g/mol. The zero-order chi connectivity index (χ0) is 35.6. The molecule has 1 aliphatic heterocycles. The van der Waals surface area contributed by atoms with E-state index in [-0.39, 0.29) is 6.10 Å². The second kappa shape index (κ2) is 12.5. The van der Waals surface area contributed by atoms with Crippen molar-refractivity contribution >= 4 is 59.0 Å². The van der Waals surface area contributed by atoms with Crippen molar-refractivity contribution in [1.29, 1.82) is 0 Å². The van der Waals surface area contributed by atoms with Crippen LogP contribution in [0.25, 0.3) is 81.6 Å². The fraction of sp³-hybridized carbons (Fsp3) is 0.0408. The molecule has 0 saturated carbocycles. The third kappa shape index (κ3) is 5.16. The van der Waals surface area contributed by atoms with Gasteiger partial charge in [0, 0.05) is 54.4 Å². The first-order chi connectivity index (χ1) is 26.7. The highest BCUT2D eigenvalue weighted by Crippen LogP contribution is 2.48. The summed E-state index contributed by atoms with van der Waals surface area (Å²) >= 11 is 1.80. The molecule has 11 rings (SSSR count). The minimum atomic E-state index is -0.148. The number of rotatable bonds is 5. The SMILES string of the molecule is C1=C(c2ccccc2)CC2Oc3ccccc3C2=C1c1nc(-c2ccc3cc(-c4ccccc4)ccc3c2)nc(-c2cccc3sc4ccccc4c23)n1. The highest BCUT2D eigenvalue weighted by Gasteiger charge is 2.36. The largest absolute Gasteiger partial charge is 0.485 e. The van der Waals surface area contributed by atoms with Crippen molar-refractivity contribution in [2.24, 2.45) is 0 Å². The van der Waals surface area contributed by atoms with E-state index >= 15 is 0 Å². The fourth-order valence-corrected chi connectivity index (χ4v) is 9.22. The number of fused-ring (bicyclic) bond motifs is 7. The van der Waals surface area contributed by atoms with E-state index in [0.29, 0.717) is 17.5 Å². The molecule has 3 heterocycles. The highest BCUT2D eigenvalue weighted by atomic mass is 32.1. The third-order valence-electron chi connectivity index (χ3n) is 10.7. The molecule has 0 amide bonds. The topological polar surface area (TPSA) is 47.9 Å². The summed E-state index contributed by atoms with van der Waals surface area (Å²) < 4.78 is 9.11. The first-order valence-corrected chi connectivity index (χ1v) is 19.1. The Bertz CT molecular complexity index is 3000. The first kappa shape index (κ1) is 30.9. The van der Waals surface area contributed by atoms with Gasteiger partial charge < -0.3 is 4.74 Å². The van der Waals surface area contributed by atoms with Crippen molar-refractivity contribution in [1.82, 2.24) is 15.0 Å². The number of para-hydroxylation sites is 1. The van der Waals surface area contributed by atoms with Crippen LogP contribution in [-0.4, -0.2) is 21.1 Å². The summed E-state index contributed by atoms with van der Waals surface area (Å²) in [6.07, 6.45) is 2.89. The lowest BCUT2D eigenvalue weighted by molar-refractivity contribution is 0.282. The van der Waals surface area contributed by atoms with Crippen LogP contribution in [0.15, 0.2) is 170 Å². The molecule has 0 spiro atoms. The van der Waals surface area contributed by atoms with Gasteiger partial charge in [-0.1, -0.05) is 133 Å². The van der Waals surface area contributed by atoms with Gasteiger partial charge in [-0.15, -0.1) is 11.3 Å². The number of hydrogen-bond donors (Lipinski definition) is 0. The predicted octanol–water partition coefficient (Wildman–Crippen LogP) is 12.6. The van der Waals surface area contributed by atoms with Crippen LogP contribution in [0.2, 0.25) is 0 Å². The maximum atomic E-state index is 6.66. The average Bonchev–Trinajstić information content (AvgIpc) is 3.82. The molecular formula is C49H31N3OS. The van der Waals surface area contributed by atoms with Crippen molar-refractivity contribution in [3.8, 4) is 39.7 Å². The van der Waals surface area contributed by atoms with Crippen LogP contribution in [-0.2, 0) is 0 Å². The molecule has 1 atom stereocenters. The van der Waals surface area contributed by atoms with Crippen LogP contribution >= 0.6 is 11.3 Å². The Hall–Kier alpha value is -6.69. The van der Waals surface area contributed by atoms with Crippen LogP contribution < -0.4 is 4.74 Å². The zero-order valence-corrected chi connectivity index (χ0v) is 29.9. The first-order valence-electron chi connectivity index (χ1n) is 18.3. The minimum Gasteiger partial charge on any atom is -0.485 e. The molecule has 1 unspecified atom stereocenters. The molecule has 0 fully saturated rings. The Morgan fingerprint density at radius 1 is 0.500 bits per heavy atom. The molecule has 5 heteroatoms. The lowest BCUT2D eigenvalue weighted by Crippen LogP contribution is -2.18. The van der Waals surface area contributed by atoms with Crippen molar-refractivity contribution < 1.29 is 4.74 Å². The van der Waals surface area contributed by atoms with E-state index in [0.717, 1.165) is 45.4 Å². The monoisotopic (exact) mass is 709 g/mol. The number of allylic oxidation sites excluding steroid dienone is 2. The van der Waals surface area contributed by atoms with E-state index in [1.807, 2.05) is 6.07 Å². The van der Waals surface area contributed by atoms with Gasteiger partial charge in [0.1, 0.15) is 11.9 Å². The van der Waals surface area contributed by atoms with E-state index in [1.165, 1.54) is 47.8 Å². The zero-order valence-electron chi connectivity index (χ0n) is 29.1. The van der Waals surface area contributed by atoms with Crippen molar-refractivity contribution in [3.63, 3.8) is 0 Å². The molecule has 2 aromatic heterocycles. The van der Waals surface area contributed by atoms with E-state index in [9.17, 15) is 0 Å². The van der Waals surface area contributed by atoms with Gasteiger partial charge in [-0.25, -0.2) is 15.0 Å². The smallest absolute Gasteiger partial charge is 0.164 e. The fourth-order valence-electron chi connectivity index (χ4n) is 8.09. The van der Waals surface area contributed by atoms with Crippen molar-refractivity contribution in [2.45, 2.75) is 12.5 Å². The lowest BCUT2D eigenvalue weighted by atomic mass is 9.84. The van der Waals surface area contributed by atoms with Crippen LogP contribution in [0.3, 0.4) is 0 Å². The number of hydrogen-bond acceptors (Lipinski definition) is 5. The van der Waals surface area contributed by atoms with Crippen LogP contribution in [0.5, 0.6) is 5.75 Å². The lowest BCUT2D eigenvalue weighted by Gasteiger charge is -2.23. The Kier molecular flexibility index (Phi) is 7.13. The van der Waals surface area contributed by atoms with Crippen molar-refractivity contribution in [3.05, 3.63) is 187 Å². The summed E-state index contributed by atoms with van der Waals surface area (Å²) in [5.74, 6) is 2.82. The number of thiophene rings is 1. The van der Waals surface area contributed by atoms with Gasteiger partial charge in [-0.05, 0) is 69.4 Å². The number of nitrogens with zero attached hydrogens (tertiary/aromatic N) is 3. The van der Waals surface area contributed by atoms with Gasteiger partial charge in [-0.2, -0.15) is 0 Å². The van der Waals surface area contributed by atoms with Crippen molar-refractivity contribution in [2.75, 3.05) is 0 Å². The van der Waals surface area contributed by atoms with E-state index in [2.05, 4.69) is 164 Å². The molecule has 9 aromatic rings. The summed E-state index contributed by atoms with van der Waals surface area (Å²) in [5.41, 5.74) is 9.88. The van der Waals surface area contributed by atoms with Crippen LogP contribution in [0, 0.1) is 0 Å². The quantitative estimate of drug-likeness (QED) is 0.178. The third-order valence-corrected chi connectivity index (χ3v) is 11.8.